The molecule has 0 saturated carbocycles. The number of halogens is 3. The summed E-state index contributed by atoms with van der Waals surface area (Å²) in [5.41, 5.74) is -0.837. The Morgan fingerprint density at radius 1 is 1.03 bits per heavy atom. The molecule has 4 aromatic rings. The van der Waals surface area contributed by atoms with Crippen LogP contribution in [0, 0.1) is 0 Å². The van der Waals surface area contributed by atoms with Crippen LogP contribution < -0.4 is 5.32 Å². The number of rotatable bonds is 6. The SMILES string of the molecule is CN(C(C)(C)C)S(=O)(=O)c1ccc(Nc2nc(CO)nc3cc(-c4ncccc4C(F)(F)F)cnc23)cc1. The molecule has 0 bridgehead atoms. The van der Waals surface area contributed by atoms with E-state index in [1.54, 1.807) is 32.9 Å². The molecule has 0 aliphatic rings. The van der Waals surface area contributed by atoms with Crippen molar-refractivity contribution in [2.24, 2.45) is 0 Å². The lowest BCUT2D eigenvalue weighted by Gasteiger charge is -2.30. The zero-order valence-corrected chi connectivity index (χ0v) is 21.8. The maximum Gasteiger partial charge on any atom is 0.418 e. The first-order valence-corrected chi connectivity index (χ1v) is 12.8. The zero-order valence-electron chi connectivity index (χ0n) is 20.9. The van der Waals surface area contributed by atoms with Gasteiger partial charge in [-0.1, -0.05) is 0 Å². The summed E-state index contributed by atoms with van der Waals surface area (Å²) in [7, 11) is -2.22. The molecule has 200 valence electrons. The molecule has 1 aromatic carbocycles. The van der Waals surface area contributed by atoms with Gasteiger partial charge >= 0.3 is 6.18 Å². The maximum atomic E-state index is 13.5. The van der Waals surface area contributed by atoms with Crippen molar-refractivity contribution in [3.05, 3.63) is 66.2 Å². The number of nitrogens with one attached hydrogen (secondary N) is 1. The Balaban J connectivity index is 1.72. The van der Waals surface area contributed by atoms with Crippen LogP contribution in [0.25, 0.3) is 22.3 Å². The zero-order chi connectivity index (χ0) is 27.9. The van der Waals surface area contributed by atoms with Crippen molar-refractivity contribution in [2.45, 2.75) is 44.0 Å². The van der Waals surface area contributed by atoms with Crippen LogP contribution in [0.4, 0.5) is 24.7 Å². The number of benzene rings is 1. The maximum absolute atomic E-state index is 13.5. The lowest BCUT2D eigenvalue weighted by Crippen LogP contribution is -2.42. The van der Waals surface area contributed by atoms with E-state index in [9.17, 15) is 26.7 Å². The van der Waals surface area contributed by atoms with E-state index in [0.29, 0.717) is 5.69 Å². The minimum Gasteiger partial charge on any atom is -0.388 e. The standard InChI is InChI=1S/C25H25F3N6O3S/c1-24(2,3)34(4)38(36,37)17-9-7-16(8-10-17)31-23-22-19(32-20(14-35)33-23)12-15(13-30-22)21-18(25(26,27)28)6-5-11-29-21/h5-13,35H,14H2,1-4H3,(H,31,32,33). The predicted molar refractivity (Wildman–Crippen MR) is 136 cm³/mol. The van der Waals surface area contributed by atoms with Gasteiger partial charge in [-0.2, -0.15) is 17.5 Å². The van der Waals surface area contributed by atoms with Crippen molar-refractivity contribution >= 4 is 32.6 Å². The Morgan fingerprint density at radius 2 is 1.71 bits per heavy atom. The van der Waals surface area contributed by atoms with Gasteiger partial charge in [0.1, 0.15) is 12.1 Å². The number of nitrogens with zero attached hydrogens (tertiary/aromatic N) is 5. The van der Waals surface area contributed by atoms with Crippen LogP contribution in [0.3, 0.4) is 0 Å². The summed E-state index contributed by atoms with van der Waals surface area (Å²) in [6.07, 6.45) is -2.12. The molecule has 0 amide bonds. The number of anilines is 2. The summed E-state index contributed by atoms with van der Waals surface area (Å²) >= 11 is 0. The first-order valence-electron chi connectivity index (χ1n) is 11.4. The molecule has 2 N–H and O–H groups in total. The molecule has 0 aliphatic heterocycles. The third-order valence-corrected chi connectivity index (χ3v) is 7.97. The minimum absolute atomic E-state index is 0.0158. The summed E-state index contributed by atoms with van der Waals surface area (Å²) in [6.45, 7) is 4.84. The molecule has 38 heavy (non-hydrogen) atoms. The molecule has 13 heteroatoms. The lowest BCUT2D eigenvalue weighted by molar-refractivity contribution is -0.137. The third-order valence-electron chi connectivity index (χ3n) is 5.83. The monoisotopic (exact) mass is 546 g/mol. The molecular formula is C25H25F3N6O3S. The van der Waals surface area contributed by atoms with E-state index in [2.05, 4.69) is 25.3 Å². The van der Waals surface area contributed by atoms with Crippen LogP contribution in [-0.2, 0) is 22.8 Å². The Hall–Kier alpha value is -3.68. The first kappa shape index (κ1) is 27.4. The summed E-state index contributed by atoms with van der Waals surface area (Å²) in [6, 6.07) is 9.52. The van der Waals surface area contributed by atoms with E-state index in [-0.39, 0.29) is 38.8 Å². The summed E-state index contributed by atoms with van der Waals surface area (Å²) in [5.74, 6) is 0.201. The van der Waals surface area contributed by atoms with Gasteiger partial charge in [-0.05, 0) is 63.2 Å². The average molecular weight is 547 g/mol. The molecular weight excluding hydrogens is 521 g/mol. The Kier molecular flexibility index (Phi) is 7.12. The van der Waals surface area contributed by atoms with Crippen molar-refractivity contribution in [2.75, 3.05) is 12.4 Å². The highest BCUT2D eigenvalue weighted by molar-refractivity contribution is 7.89. The quantitative estimate of drug-likeness (QED) is 0.355. The van der Waals surface area contributed by atoms with Crippen molar-refractivity contribution in [1.29, 1.82) is 0 Å². The Bertz CT molecular complexity index is 1590. The molecule has 3 aromatic heterocycles. The molecule has 0 unspecified atom stereocenters. The van der Waals surface area contributed by atoms with Gasteiger partial charge in [0.15, 0.2) is 11.6 Å². The van der Waals surface area contributed by atoms with Gasteiger partial charge in [-0.25, -0.2) is 23.4 Å². The van der Waals surface area contributed by atoms with E-state index in [1.807, 2.05) is 0 Å². The lowest BCUT2D eigenvalue weighted by atomic mass is 10.1. The Morgan fingerprint density at radius 3 is 2.32 bits per heavy atom. The van der Waals surface area contributed by atoms with Crippen LogP contribution >= 0.6 is 0 Å². The first-order chi connectivity index (χ1) is 17.7. The number of aliphatic hydroxyl groups excluding tert-OH is 1. The number of pyridine rings is 2. The van der Waals surface area contributed by atoms with Gasteiger partial charge in [0, 0.05) is 36.2 Å². The molecule has 0 spiro atoms. The minimum atomic E-state index is -4.62. The molecule has 0 atom stereocenters. The van der Waals surface area contributed by atoms with Crippen LogP contribution in [-0.4, -0.2) is 50.4 Å². The fourth-order valence-corrected chi connectivity index (χ4v) is 5.10. The molecule has 9 nitrogen and oxygen atoms in total. The number of aliphatic hydroxyl groups is 1. The summed E-state index contributed by atoms with van der Waals surface area (Å²) in [4.78, 5) is 16.7. The van der Waals surface area contributed by atoms with Gasteiger partial charge < -0.3 is 10.4 Å². The number of hydrogen-bond donors (Lipinski definition) is 2. The second-order valence-electron chi connectivity index (χ2n) is 9.43. The van der Waals surface area contributed by atoms with Gasteiger partial charge in [0.05, 0.1) is 21.7 Å². The fraction of sp³-hybridized carbons (Fsp3) is 0.280. The van der Waals surface area contributed by atoms with Crippen molar-refractivity contribution < 1.29 is 26.7 Å². The van der Waals surface area contributed by atoms with E-state index in [0.717, 1.165) is 6.07 Å². The van der Waals surface area contributed by atoms with Crippen molar-refractivity contribution in [3.8, 4) is 11.3 Å². The van der Waals surface area contributed by atoms with Crippen molar-refractivity contribution in [3.63, 3.8) is 0 Å². The molecule has 4 rings (SSSR count). The normalized spacial score (nSPS) is 12.8. The third kappa shape index (κ3) is 5.44. The number of sulfonamides is 1. The number of aromatic nitrogens is 4. The largest absolute Gasteiger partial charge is 0.418 e. The van der Waals surface area contributed by atoms with Gasteiger partial charge in [0.2, 0.25) is 10.0 Å². The fourth-order valence-electron chi connectivity index (χ4n) is 3.58. The molecule has 0 fully saturated rings. The molecule has 0 saturated heterocycles. The highest BCUT2D eigenvalue weighted by Crippen LogP contribution is 2.36. The number of alkyl halides is 3. The summed E-state index contributed by atoms with van der Waals surface area (Å²) < 4.78 is 67.6. The number of hydrogen-bond acceptors (Lipinski definition) is 8. The molecule has 0 radical (unpaired) electrons. The van der Waals surface area contributed by atoms with Gasteiger partial charge in [0.25, 0.3) is 0 Å². The van der Waals surface area contributed by atoms with Crippen LogP contribution in [0.15, 0.2) is 59.8 Å². The Labute approximate surface area is 217 Å². The second-order valence-corrected chi connectivity index (χ2v) is 11.4. The average Bonchev–Trinajstić information content (AvgIpc) is 2.87. The van der Waals surface area contributed by atoms with Crippen LogP contribution in [0.1, 0.15) is 32.2 Å². The van der Waals surface area contributed by atoms with Crippen LogP contribution in [0.5, 0.6) is 0 Å². The second kappa shape index (κ2) is 9.89. The van der Waals surface area contributed by atoms with E-state index >= 15 is 0 Å². The smallest absolute Gasteiger partial charge is 0.388 e. The van der Waals surface area contributed by atoms with E-state index in [1.165, 1.54) is 48.0 Å². The van der Waals surface area contributed by atoms with Crippen molar-refractivity contribution in [1.82, 2.24) is 24.2 Å². The molecule has 0 aliphatic carbocycles. The van der Waals surface area contributed by atoms with E-state index in [4.69, 9.17) is 0 Å². The van der Waals surface area contributed by atoms with E-state index < -0.39 is 33.9 Å². The predicted octanol–water partition coefficient (Wildman–Crippen LogP) is 4.76. The van der Waals surface area contributed by atoms with Gasteiger partial charge in [-0.15, -0.1) is 0 Å². The van der Waals surface area contributed by atoms with Gasteiger partial charge in [-0.3, -0.25) is 4.98 Å². The highest BCUT2D eigenvalue weighted by atomic mass is 32.2. The van der Waals surface area contributed by atoms with Crippen LogP contribution in [0.2, 0.25) is 0 Å². The summed E-state index contributed by atoms with van der Waals surface area (Å²) in [5, 5.41) is 12.7. The topological polar surface area (TPSA) is 121 Å². The number of fused-ring (bicyclic) bond motifs is 1. The highest BCUT2D eigenvalue weighted by Gasteiger charge is 2.34. The molecule has 3 heterocycles.